The number of carbonyl (C=O) groups is 1. The Balaban J connectivity index is 1.66. The number of hydrogen-bond donors (Lipinski definition) is 2. The normalized spacial score (nSPS) is 10.9. The third-order valence-corrected chi connectivity index (χ3v) is 4.37. The molecule has 0 aliphatic rings. The molecule has 1 amide bonds. The highest BCUT2D eigenvalue weighted by Crippen LogP contribution is 2.29. The number of hydrogen-bond acceptors (Lipinski definition) is 6. The Morgan fingerprint density at radius 3 is 2.92 bits per heavy atom. The SMILES string of the molecule is O=C(N/N=C\c1cccc([N+](=O)[O-])c1)c1cc(-c2ccc(Cl)s2)[nH]n1. The minimum atomic E-state index is -0.508. The number of aromatic nitrogens is 2. The fraction of sp³-hybridized carbons (Fsp3) is 0. The van der Waals surface area contributed by atoms with Crippen molar-refractivity contribution < 1.29 is 9.72 Å². The van der Waals surface area contributed by atoms with Crippen molar-refractivity contribution >= 4 is 40.7 Å². The van der Waals surface area contributed by atoms with E-state index in [0.717, 1.165) is 4.88 Å². The molecule has 2 heterocycles. The van der Waals surface area contributed by atoms with Gasteiger partial charge in [-0.2, -0.15) is 10.2 Å². The van der Waals surface area contributed by atoms with Crippen LogP contribution in [-0.4, -0.2) is 27.2 Å². The Morgan fingerprint density at radius 2 is 2.20 bits per heavy atom. The molecule has 0 spiro atoms. The van der Waals surface area contributed by atoms with Crippen LogP contribution in [0.3, 0.4) is 0 Å². The van der Waals surface area contributed by atoms with E-state index >= 15 is 0 Å². The maximum atomic E-state index is 12.0. The lowest BCUT2D eigenvalue weighted by Gasteiger charge is -1.96. The van der Waals surface area contributed by atoms with Gasteiger partial charge in [-0.3, -0.25) is 20.0 Å². The molecule has 0 aliphatic heterocycles. The van der Waals surface area contributed by atoms with Gasteiger partial charge in [-0.05, 0) is 18.2 Å². The molecular weight excluding hydrogens is 366 g/mol. The summed E-state index contributed by atoms with van der Waals surface area (Å²) < 4.78 is 0.636. The number of carbonyl (C=O) groups excluding carboxylic acids is 1. The van der Waals surface area contributed by atoms with Crippen LogP contribution in [-0.2, 0) is 0 Å². The lowest BCUT2D eigenvalue weighted by atomic mass is 10.2. The molecule has 126 valence electrons. The maximum absolute atomic E-state index is 12.0. The second-order valence-electron chi connectivity index (χ2n) is 4.82. The fourth-order valence-electron chi connectivity index (χ4n) is 1.96. The second kappa shape index (κ2) is 7.24. The van der Waals surface area contributed by atoms with Crippen LogP contribution in [0.1, 0.15) is 16.1 Å². The third kappa shape index (κ3) is 4.08. The van der Waals surface area contributed by atoms with Gasteiger partial charge >= 0.3 is 0 Å². The number of nitrogens with zero attached hydrogens (tertiary/aromatic N) is 3. The van der Waals surface area contributed by atoms with Crippen LogP contribution < -0.4 is 5.43 Å². The molecule has 0 saturated carbocycles. The summed E-state index contributed by atoms with van der Waals surface area (Å²) in [5, 5.41) is 21.2. The molecule has 25 heavy (non-hydrogen) atoms. The largest absolute Gasteiger partial charge is 0.291 e. The van der Waals surface area contributed by atoms with Gasteiger partial charge in [0, 0.05) is 17.7 Å². The van der Waals surface area contributed by atoms with Crippen molar-refractivity contribution in [3.8, 4) is 10.6 Å². The second-order valence-corrected chi connectivity index (χ2v) is 6.54. The standard InChI is InChI=1S/C15H10ClN5O3S/c16-14-5-4-13(25-14)11-7-12(19-18-11)15(22)20-17-8-9-2-1-3-10(6-9)21(23)24/h1-8H,(H,18,19)(H,20,22)/b17-8-. The van der Waals surface area contributed by atoms with Crippen molar-refractivity contribution in [2.75, 3.05) is 0 Å². The number of hydrazone groups is 1. The van der Waals surface area contributed by atoms with Crippen LogP contribution >= 0.6 is 22.9 Å². The smallest absolute Gasteiger partial charge is 0.276 e. The first-order chi connectivity index (χ1) is 12.0. The number of thiophene rings is 1. The quantitative estimate of drug-likeness (QED) is 0.403. The first-order valence-electron chi connectivity index (χ1n) is 6.92. The van der Waals surface area contributed by atoms with Gasteiger partial charge in [0.1, 0.15) is 0 Å². The van der Waals surface area contributed by atoms with E-state index < -0.39 is 10.8 Å². The molecule has 8 nitrogen and oxygen atoms in total. The summed E-state index contributed by atoms with van der Waals surface area (Å²) in [5.74, 6) is -0.508. The number of nitrogens with one attached hydrogen (secondary N) is 2. The number of non-ortho nitro benzene ring substituents is 1. The Morgan fingerprint density at radius 1 is 1.36 bits per heavy atom. The van der Waals surface area contributed by atoms with E-state index in [0.29, 0.717) is 15.6 Å². The zero-order valence-corrected chi connectivity index (χ0v) is 14.0. The molecule has 2 aromatic heterocycles. The lowest BCUT2D eigenvalue weighted by molar-refractivity contribution is -0.384. The molecule has 0 bridgehead atoms. The first kappa shape index (κ1) is 16.8. The van der Waals surface area contributed by atoms with Gasteiger partial charge in [-0.15, -0.1) is 11.3 Å². The van der Waals surface area contributed by atoms with Gasteiger partial charge in [0.25, 0.3) is 11.6 Å². The Labute approximate surface area is 150 Å². The molecule has 1 aromatic carbocycles. The van der Waals surface area contributed by atoms with Gasteiger partial charge < -0.3 is 0 Å². The average Bonchev–Trinajstić information content (AvgIpc) is 3.24. The summed E-state index contributed by atoms with van der Waals surface area (Å²) in [4.78, 5) is 23.1. The van der Waals surface area contributed by atoms with Crippen LogP contribution in [0.4, 0.5) is 5.69 Å². The van der Waals surface area contributed by atoms with Gasteiger partial charge in [-0.1, -0.05) is 23.7 Å². The number of rotatable bonds is 5. The number of benzene rings is 1. The molecule has 2 N–H and O–H groups in total. The summed E-state index contributed by atoms with van der Waals surface area (Å²) in [6.45, 7) is 0. The highest BCUT2D eigenvalue weighted by molar-refractivity contribution is 7.19. The van der Waals surface area contributed by atoms with E-state index in [-0.39, 0.29) is 11.4 Å². The Hall–Kier alpha value is -3.04. The van der Waals surface area contributed by atoms with Gasteiger partial charge in [0.2, 0.25) is 0 Å². The van der Waals surface area contributed by atoms with E-state index in [1.807, 2.05) is 6.07 Å². The summed E-state index contributed by atoms with van der Waals surface area (Å²) in [6.07, 6.45) is 1.32. The van der Waals surface area contributed by atoms with Crippen molar-refractivity contribution in [1.29, 1.82) is 0 Å². The highest BCUT2D eigenvalue weighted by atomic mass is 35.5. The molecule has 10 heteroatoms. The van der Waals surface area contributed by atoms with Crippen molar-refractivity contribution in [2.45, 2.75) is 0 Å². The van der Waals surface area contributed by atoms with E-state index in [1.165, 1.54) is 35.8 Å². The molecule has 0 radical (unpaired) electrons. The first-order valence-corrected chi connectivity index (χ1v) is 8.11. The predicted molar refractivity (Wildman–Crippen MR) is 95.1 cm³/mol. The number of nitro groups is 1. The minimum absolute atomic E-state index is 0.0539. The molecule has 0 atom stereocenters. The fourth-order valence-corrected chi connectivity index (χ4v) is 2.97. The molecule has 0 aliphatic carbocycles. The summed E-state index contributed by atoms with van der Waals surface area (Å²) in [6, 6.07) is 11.1. The topological polar surface area (TPSA) is 113 Å². The third-order valence-electron chi connectivity index (χ3n) is 3.11. The molecule has 0 saturated heterocycles. The molecule has 3 rings (SSSR count). The molecule has 3 aromatic rings. The lowest BCUT2D eigenvalue weighted by Crippen LogP contribution is -2.18. The Bertz CT molecular complexity index is 965. The molecule has 0 fully saturated rings. The van der Waals surface area contributed by atoms with E-state index in [1.54, 1.807) is 18.2 Å². The number of halogens is 1. The maximum Gasteiger partial charge on any atom is 0.291 e. The highest BCUT2D eigenvalue weighted by Gasteiger charge is 2.12. The summed E-state index contributed by atoms with van der Waals surface area (Å²) >= 11 is 7.24. The van der Waals surface area contributed by atoms with Crippen LogP contribution in [0.15, 0.2) is 47.6 Å². The monoisotopic (exact) mass is 375 g/mol. The van der Waals surface area contributed by atoms with Crippen LogP contribution in [0.25, 0.3) is 10.6 Å². The summed E-state index contributed by atoms with van der Waals surface area (Å²) in [5.41, 5.74) is 3.59. The van der Waals surface area contributed by atoms with Crippen molar-refractivity contribution in [2.24, 2.45) is 5.10 Å². The van der Waals surface area contributed by atoms with Crippen LogP contribution in [0.5, 0.6) is 0 Å². The van der Waals surface area contributed by atoms with Gasteiger partial charge in [0.05, 0.1) is 26.0 Å². The van der Waals surface area contributed by atoms with Crippen molar-refractivity contribution in [3.63, 3.8) is 0 Å². The van der Waals surface area contributed by atoms with Crippen LogP contribution in [0.2, 0.25) is 4.34 Å². The van der Waals surface area contributed by atoms with Crippen molar-refractivity contribution in [3.05, 3.63) is 68.2 Å². The summed E-state index contributed by atoms with van der Waals surface area (Å²) in [7, 11) is 0. The number of amides is 1. The van der Waals surface area contributed by atoms with E-state index in [2.05, 4.69) is 20.7 Å². The zero-order valence-electron chi connectivity index (χ0n) is 12.5. The van der Waals surface area contributed by atoms with E-state index in [4.69, 9.17) is 11.6 Å². The average molecular weight is 376 g/mol. The number of nitro benzene ring substituents is 1. The zero-order chi connectivity index (χ0) is 17.8. The molecular formula is C15H10ClN5O3S. The predicted octanol–water partition coefficient (Wildman–Crippen LogP) is 3.46. The van der Waals surface area contributed by atoms with Crippen LogP contribution in [0, 0.1) is 10.1 Å². The van der Waals surface area contributed by atoms with Crippen molar-refractivity contribution in [1.82, 2.24) is 15.6 Å². The Kier molecular flexibility index (Phi) is 4.87. The van der Waals surface area contributed by atoms with Gasteiger partial charge in [-0.25, -0.2) is 5.43 Å². The minimum Gasteiger partial charge on any atom is -0.276 e. The molecule has 0 unspecified atom stereocenters. The number of H-pyrrole nitrogens is 1. The number of aromatic amines is 1. The van der Waals surface area contributed by atoms with Gasteiger partial charge in [0.15, 0.2) is 5.69 Å². The van der Waals surface area contributed by atoms with E-state index in [9.17, 15) is 14.9 Å².